The average molecular weight is 495 g/mol. The van der Waals surface area contributed by atoms with Gasteiger partial charge in [-0.2, -0.15) is 0 Å². The molecule has 6 heteroatoms. The largest absolute Gasteiger partial charge is 0.324 e. The lowest BCUT2D eigenvalue weighted by molar-refractivity contribution is 0.197. The highest BCUT2D eigenvalue weighted by Gasteiger charge is 2.27. The summed E-state index contributed by atoms with van der Waals surface area (Å²) in [5.74, 6) is 6.56. The Labute approximate surface area is 211 Å². The fourth-order valence-electron chi connectivity index (χ4n) is 4.49. The molecule has 4 aromatic carbocycles. The molecule has 0 saturated heterocycles. The molecule has 0 spiro atoms. The summed E-state index contributed by atoms with van der Waals surface area (Å²) >= 11 is 0. The minimum atomic E-state index is -3.25. The van der Waals surface area contributed by atoms with Crippen molar-refractivity contribution in [3.05, 3.63) is 107 Å². The molecular weight excluding hydrogens is 468 g/mol. The highest BCUT2D eigenvalue weighted by Crippen LogP contribution is 2.29. The van der Waals surface area contributed by atoms with Gasteiger partial charge in [0.05, 0.1) is 10.6 Å². The second-order valence-corrected chi connectivity index (χ2v) is 11.1. The first kappa shape index (κ1) is 23.7. The van der Waals surface area contributed by atoms with Crippen molar-refractivity contribution < 1.29 is 13.2 Å². The maximum absolute atomic E-state index is 13.0. The zero-order valence-corrected chi connectivity index (χ0v) is 21.0. The van der Waals surface area contributed by atoms with Gasteiger partial charge in [0.15, 0.2) is 9.84 Å². The number of benzene rings is 4. The standard InChI is InChI=1S/C30H26N2O3S/c1-31-29-17-13-23(7-5-6-22-10-14-25-8-3-4-9-26(25)18-22)19-27(29)21-32(30(31)33)20-24-11-15-28(16-12-24)36(2,34)35/h3-4,8-19H,6,20-21H2,1-2H3. The Kier molecular flexibility index (Phi) is 6.26. The second-order valence-electron chi connectivity index (χ2n) is 9.12. The van der Waals surface area contributed by atoms with Gasteiger partial charge in [-0.1, -0.05) is 66.4 Å². The quantitative estimate of drug-likeness (QED) is 0.357. The number of sulfone groups is 1. The molecule has 0 aliphatic carbocycles. The number of urea groups is 1. The zero-order chi connectivity index (χ0) is 25.3. The topological polar surface area (TPSA) is 57.7 Å². The van der Waals surface area contributed by atoms with Crippen LogP contribution in [0.2, 0.25) is 0 Å². The minimum Gasteiger partial charge on any atom is -0.316 e. The molecule has 5 nitrogen and oxygen atoms in total. The van der Waals surface area contributed by atoms with Crippen molar-refractivity contribution in [3.8, 4) is 11.8 Å². The van der Waals surface area contributed by atoms with Gasteiger partial charge >= 0.3 is 6.03 Å². The van der Waals surface area contributed by atoms with Gasteiger partial charge in [-0.15, -0.1) is 0 Å². The van der Waals surface area contributed by atoms with E-state index in [1.807, 2.05) is 30.3 Å². The molecule has 2 amide bonds. The lowest BCUT2D eigenvalue weighted by Gasteiger charge is -2.35. The number of anilines is 1. The summed E-state index contributed by atoms with van der Waals surface area (Å²) in [6, 6.07) is 27.3. The predicted molar refractivity (Wildman–Crippen MR) is 144 cm³/mol. The number of hydrogen-bond donors (Lipinski definition) is 0. The van der Waals surface area contributed by atoms with Crippen LogP contribution in [0, 0.1) is 11.8 Å². The third kappa shape index (κ3) is 4.98. The Bertz CT molecular complexity index is 1630. The molecule has 0 radical (unpaired) electrons. The molecule has 180 valence electrons. The van der Waals surface area contributed by atoms with E-state index in [0.29, 0.717) is 19.5 Å². The summed E-state index contributed by atoms with van der Waals surface area (Å²) in [6.07, 6.45) is 1.85. The summed E-state index contributed by atoms with van der Waals surface area (Å²) in [5.41, 5.74) is 4.87. The first-order valence-corrected chi connectivity index (χ1v) is 13.6. The van der Waals surface area contributed by atoms with E-state index in [1.165, 1.54) is 22.6 Å². The monoisotopic (exact) mass is 494 g/mol. The van der Waals surface area contributed by atoms with Crippen molar-refractivity contribution in [2.24, 2.45) is 0 Å². The van der Waals surface area contributed by atoms with Crippen LogP contribution in [0.1, 0.15) is 22.3 Å². The van der Waals surface area contributed by atoms with Crippen molar-refractivity contribution in [2.45, 2.75) is 24.4 Å². The van der Waals surface area contributed by atoms with Gasteiger partial charge in [0.25, 0.3) is 0 Å². The number of amides is 2. The van der Waals surface area contributed by atoms with E-state index in [-0.39, 0.29) is 10.9 Å². The Morgan fingerprint density at radius 2 is 1.58 bits per heavy atom. The molecule has 36 heavy (non-hydrogen) atoms. The van der Waals surface area contributed by atoms with Gasteiger partial charge in [0, 0.05) is 38.4 Å². The first-order chi connectivity index (χ1) is 17.3. The first-order valence-electron chi connectivity index (χ1n) is 11.7. The Balaban J connectivity index is 1.32. The van der Waals surface area contributed by atoms with Gasteiger partial charge in [0.1, 0.15) is 0 Å². The van der Waals surface area contributed by atoms with Crippen molar-refractivity contribution in [1.82, 2.24) is 4.90 Å². The van der Waals surface area contributed by atoms with E-state index in [2.05, 4.69) is 42.2 Å². The van der Waals surface area contributed by atoms with E-state index >= 15 is 0 Å². The molecule has 1 heterocycles. The number of fused-ring (bicyclic) bond motifs is 2. The van der Waals surface area contributed by atoms with Crippen LogP contribution in [-0.4, -0.2) is 32.7 Å². The Morgan fingerprint density at radius 1 is 0.861 bits per heavy atom. The van der Waals surface area contributed by atoms with Crippen molar-refractivity contribution in [2.75, 3.05) is 18.2 Å². The third-order valence-corrected chi connectivity index (χ3v) is 7.55. The predicted octanol–water partition coefficient (Wildman–Crippen LogP) is 5.41. The number of rotatable bonds is 4. The second kappa shape index (κ2) is 9.52. The van der Waals surface area contributed by atoms with E-state index in [4.69, 9.17) is 0 Å². The molecule has 0 aromatic heterocycles. The third-order valence-electron chi connectivity index (χ3n) is 6.42. The van der Waals surface area contributed by atoms with Crippen LogP contribution in [0.15, 0.2) is 89.8 Å². The molecule has 0 saturated carbocycles. The summed E-state index contributed by atoms with van der Waals surface area (Å²) in [5, 5.41) is 2.43. The fraction of sp³-hybridized carbons (Fsp3) is 0.167. The normalized spacial score (nSPS) is 13.3. The lowest BCUT2D eigenvalue weighted by atomic mass is 10.0. The summed E-state index contributed by atoms with van der Waals surface area (Å²) in [4.78, 5) is 16.6. The highest BCUT2D eigenvalue weighted by molar-refractivity contribution is 7.90. The van der Waals surface area contributed by atoms with Crippen LogP contribution in [0.25, 0.3) is 10.8 Å². The maximum Gasteiger partial charge on any atom is 0.324 e. The van der Waals surface area contributed by atoms with Crippen molar-refractivity contribution >= 4 is 32.3 Å². The average Bonchev–Trinajstić information content (AvgIpc) is 2.87. The Hall–Kier alpha value is -4.08. The van der Waals surface area contributed by atoms with Gasteiger partial charge in [-0.25, -0.2) is 13.2 Å². The van der Waals surface area contributed by atoms with Crippen LogP contribution >= 0.6 is 0 Å². The molecule has 0 unspecified atom stereocenters. The van der Waals surface area contributed by atoms with Crippen molar-refractivity contribution in [3.63, 3.8) is 0 Å². The smallest absolute Gasteiger partial charge is 0.316 e. The number of carbonyl (C=O) groups is 1. The molecule has 0 N–H and O–H groups in total. The van der Waals surface area contributed by atoms with Crippen LogP contribution in [0.4, 0.5) is 10.5 Å². The highest BCUT2D eigenvalue weighted by atomic mass is 32.2. The molecule has 4 aromatic rings. The molecule has 0 bridgehead atoms. The molecule has 0 fully saturated rings. The number of hydrogen-bond acceptors (Lipinski definition) is 3. The summed E-state index contributed by atoms with van der Waals surface area (Å²) < 4.78 is 23.4. The SMILES string of the molecule is CN1C(=O)N(Cc2ccc(S(C)(=O)=O)cc2)Cc2cc(C#CCc3ccc4ccccc4c3)ccc21. The molecule has 1 aliphatic rings. The minimum absolute atomic E-state index is 0.0928. The maximum atomic E-state index is 13.0. The summed E-state index contributed by atoms with van der Waals surface area (Å²) in [6.45, 7) is 0.858. The van der Waals surface area contributed by atoms with Gasteiger partial charge < -0.3 is 4.90 Å². The van der Waals surface area contributed by atoms with Gasteiger partial charge in [-0.3, -0.25) is 4.90 Å². The summed E-state index contributed by atoms with van der Waals surface area (Å²) in [7, 11) is -1.49. The van der Waals surface area contributed by atoms with Crippen LogP contribution in [0.5, 0.6) is 0 Å². The lowest BCUT2D eigenvalue weighted by Crippen LogP contribution is -2.44. The van der Waals surface area contributed by atoms with Gasteiger partial charge in [0.2, 0.25) is 0 Å². The Morgan fingerprint density at radius 3 is 2.33 bits per heavy atom. The number of carbonyl (C=O) groups excluding carboxylic acids is 1. The fourth-order valence-corrected chi connectivity index (χ4v) is 5.12. The van der Waals surface area contributed by atoms with E-state index in [9.17, 15) is 13.2 Å². The van der Waals surface area contributed by atoms with Crippen LogP contribution in [0.3, 0.4) is 0 Å². The number of nitrogens with zero attached hydrogens (tertiary/aromatic N) is 2. The molecule has 0 atom stereocenters. The van der Waals surface area contributed by atoms with Crippen LogP contribution < -0.4 is 4.90 Å². The van der Waals surface area contributed by atoms with Crippen LogP contribution in [-0.2, 0) is 29.3 Å². The molecule has 1 aliphatic heterocycles. The van der Waals surface area contributed by atoms with E-state index in [1.54, 1.807) is 41.1 Å². The van der Waals surface area contributed by atoms with Crippen molar-refractivity contribution in [1.29, 1.82) is 0 Å². The zero-order valence-electron chi connectivity index (χ0n) is 20.2. The molecule has 5 rings (SSSR count). The van der Waals surface area contributed by atoms with E-state index < -0.39 is 9.84 Å². The van der Waals surface area contributed by atoms with E-state index in [0.717, 1.165) is 22.4 Å². The molecular formula is C30H26N2O3S. The van der Waals surface area contributed by atoms with Gasteiger partial charge in [-0.05, 0) is 57.8 Å².